The Hall–Kier alpha value is -0.350. The molecule has 1 rings (SSSR count). The number of hydrogen-bond donors (Lipinski definition) is 0. The molecule has 1 aliphatic rings. The molecule has 3 unspecified atom stereocenters. The van der Waals surface area contributed by atoms with Crippen LogP contribution in [0.2, 0.25) is 0 Å². The lowest BCUT2D eigenvalue weighted by Crippen LogP contribution is -2.47. The summed E-state index contributed by atoms with van der Waals surface area (Å²) < 4.78 is 24.9. The van der Waals surface area contributed by atoms with Gasteiger partial charge in [-0.25, -0.2) is 8.42 Å². The summed E-state index contributed by atoms with van der Waals surface area (Å²) in [6.45, 7) is 10.2. The zero-order valence-corrected chi connectivity index (χ0v) is 9.92. The fourth-order valence-electron chi connectivity index (χ4n) is 2.09. The highest BCUT2D eigenvalue weighted by Gasteiger charge is 2.34. The number of piperidine rings is 1. The Balaban J connectivity index is 2.92. The summed E-state index contributed by atoms with van der Waals surface area (Å²) in [7, 11) is -3.24. The van der Waals surface area contributed by atoms with Gasteiger partial charge in [0.2, 0.25) is 10.0 Å². The summed E-state index contributed by atoms with van der Waals surface area (Å²) in [4.78, 5) is 0. The third kappa shape index (κ3) is 2.17. The Kier molecular flexibility index (Phi) is 3.37. The van der Waals surface area contributed by atoms with Gasteiger partial charge >= 0.3 is 0 Å². The first-order valence-electron chi connectivity index (χ1n) is 5.02. The van der Waals surface area contributed by atoms with Crippen LogP contribution in [0.1, 0.15) is 27.2 Å². The second-order valence-electron chi connectivity index (χ2n) is 4.34. The lowest BCUT2D eigenvalue weighted by molar-refractivity contribution is 0.159. The molecule has 14 heavy (non-hydrogen) atoms. The molecule has 0 saturated carbocycles. The molecule has 0 radical (unpaired) electrons. The second kappa shape index (κ2) is 4.03. The van der Waals surface area contributed by atoms with Crippen LogP contribution < -0.4 is 0 Å². The van der Waals surface area contributed by atoms with Crippen molar-refractivity contribution in [1.29, 1.82) is 0 Å². The normalized spacial score (nSPS) is 35.5. The number of sulfonamides is 1. The first kappa shape index (κ1) is 11.7. The maximum Gasteiger partial charge on any atom is 0.235 e. The first-order valence-corrected chi connectivity index (χ1v) is 6.53. The fourth-order valence-corrected chi connectivity index (χ4v) is 3.42. The molecule has 0 amide bonds. The molecule has 0 N–H and O–H groups in total. The summed E-state index contributed by atoms with van der Waals surface area (Å²) >= 11 is 0. The highest BCUT2D eigenvalue weighted by Crippen LogP contribution is 2.29. The predicted octanol–water partition coefficient (Wildman–Crippen LogP) is 1.83. The van der Waals surface area contributed by atoms with Crippen molar-refractivity contribution in [2.24, 2.45) is 11.8 Å². The van der Waals surface area contributed by atoms with Gasteiger partial charge in [0.1, 0.15) is 0 Å². The summed E-state index contributed by atoms with van der Waals surface area (Å²) in [6, 6.07) is 0.0919. The lowest BCUT2D eigenvalue weighted by atomic mass is 9.88. The lowest BCUT2D eigenvalue weighted by Gasteiger charge is -2.39. The molecule has 1 saturated heterocycles. The molecule has 4 heteroatoms. The van der Waals surface area contributed by atoms with Crippen molar-refractivity contribution in [2.45, 2.75) is 33.2 Å². The van der Waals surface area contributed by atoms with Crippen LogP contribution in [0, 0.1) is 11.8 Å². The third-order valence-electron chi connectivity index (χ3n) is 3.08. The zero-order valence-electron chi connectivity index (χ0n) is 9.10. The van der Waals surface area contributed by atoms with E-state index in [2.05, 4.69) is 20.4 Å². The van der Waals surface area contributed by atoms with E-state index < -0.39 is 10.0 Å². The van der Waals surface area contributed by atoms with Gasteiger partial charge in [0.05, 0.1) is 0 Å². The van der Waals surface area contributed by atoms with Gasteiger partial charge in [-0.05, 0) is 25.2 Å². The molecule has 0 aromatic carbocycles. The zero-order chi connectivity index (χ0) is 10.9. The molecule has 0 spiro atoms. The molecule has 1 fully saturated rings. The van der Waals surface area contributed by atoms with E-state index in [9.17, 15) is 8.42 Å². The molecule has 0 bridgehead atoms. The Morgan fingerprint density at radius 3 is 2.43 bits per heavy atom. The van der Waals surface area contributed by atoms with E-state index >= 15 is 0 Å². The van der Waals surface area contributed by atoms with Crippen LogP contribution in [-0.2, 0) is 10.0 Å². The van der Waals surface area contributed by atoms with Crippen LogP contribution in [0.25, 0.3) is 0 Å². The van der Waals surface area contributed by atoms with Crippen LogP contribution in [0.5, 0.6) is 0 Å². The molecule has 0 aliphatic carbocycles. The van der Waals surface area contributed by atoms with Gasteiger partial charge in [0, 0.05) is 18.0 Å². The van der Waals surface area contributed by atoms with Gasteiger partial charge in [0.25, 0.3) is 0 Å². The van der Waals surface area contributed by atoms with Crippen molar-refractivity contribution in [1.82, 2.24) is 4.31 Å². The molecule has 82 valence electrons. The SMILES string of the molecule is C=CS(=O)(=O)N1CC(C)CC(C)C1C. The minimum Gasteiger partial charge on any atom is -0.208 e. The van der Waals surface area contributed by atoms with Crippen LogP contribution in [0.3, 0.4) is 0 Å². The molecular weight excluding hydrogens is 198 g/mol. The van der Waals surface area contributed by atoms with Crippen molar-refractivity contribution in [3.63, 3.8) is 0 Å². The van der Waals surface area contributed by atoms with E-state index in [0.717, 1.165) is 11.8 Å². The summed E-state index contributed by atoms with van der Waals surface area (Å²) in [5.74, 6) is 0.865. The highest BCUT2D eigenvalue weighted by atomic mass is 32.2. The largest absolute Gasteiger partial charge is 0.235 e. The van der Waals surface area contributed by atoms with Gasteiger partial charge < -0.3 is 0 Å². The molecule has 1 aliphatic heterocycles. The van der Waals surface area contributed by atoms with E-state index in [0.29, 0.717) is 18.4 Å². The van der Waals surface area contributed by atoms with E-state index in [4.69, 9.17) is 0 Å². The van der Waals surface area contributed by atoms with Gasteiger partial charge in [-0.15, -0.1) is 0 Å². The van der Waals surface area contributed by atoms with Crippen LogP contribution in [0.4, 0.5) is 0 Å². The van der Waals surface area contributed by atoms with Crippen LogP contribution >= 0.6 is 0 Å². The maximum atomic E-state index is 11.7. The van der Waals surface area contributed by atoms with Gasteiger partial charge in [-0.3, -0.25) is 0 Å². The Labute approximate surface area is 86.8 Å². The number of nitrogens with zero attached hydrogens (tertiary/aromatic N) is 1. The quantitative estimate of drug-likeness (QED) is 0.707. The minimum absolute atomic E-state index is 0.0919. The summed E-state index contributed by atoms with van der Waals surface area (Å²) in [6.07, 6.45) is 1.10. The topological polar surface area (TPSA) is 37.4 Å². The number of hydrogen-bond acceptors (Lipinski definition) is 2. The molecular formula is C10H19NO2S. The Morgan fingerprint density at radius 2 is 1.93 bits per heavy atom. The van der Waals surface area contributed by atoms with E-state index in [-0.39, 0.29) is 6.04 Å². The Morgan fingerprint density at radius 1 is 1.36 bits per heavy atom. The monoisotopic (exact) mass is 217 g/mol. The maximum absolute atomic E-state index is 11.7. The van der Waals surface area contributed by atoms with Crippen molar-refractivity contribution in [3.8, 4) is 0 Å². The van der Waals surface area contributed by atoms with Gasteiger partial charge in [0.15, 0.2) is 0 Å². The second-order valence-corrected chi connectivity index (χ2v) is 6.17. The van der Waals surface area contributed by atoms with E-state index in [1.165, 1.54) is 0 Å². The number of rotatable bonds is 2. The van der Waals surface area contributed by atoms with E-state index in [1.807, 2.05) is 6.92 Å². The third-order valence-corrected chi connectivity index (χ3v) is 4.64. The Bertz CT molecular complexity index is 310. The van der Waals surface area contributed by atoms with Crippen molar-refractivity contribution >= 4 is 10.0 Å². The van der Waals surface area contributed by atoms with Gasteiger partial charge in [-0.2, -0.15) is 4.31 Å². The highest BCUT2D eigenvalue weighted by molar-refractivity contribution is 7.92. The predicted molar refractivity (Wildman–Crippen MR) is 58.2 cm³/mol. The average Bonchev–Trinajstić information content (AvgIpc) is 2.11. The molecule has 3 nitrogen and oxygen atoms in total. The fraction of sp³-hybridized carbons (Fsp3) is 0.800. The van der Waals surface area contributed by atoms with Gasteiger partial charge in [-0.1, -0.05) is 20.4 Å². The van der Waals surface area contributed by atoms with Crippen molar-refractivity contribution < 1.29 is 8.42 Å². The minimum atomic E-state index is -3.24. The first-order chi connectivity index (χ1) is 6.38. The van der Waals surface area contributed by atoms with E-state index in [1.54, 1.807) is 4.31 Å². The molecule has 0 aromatic rings. The van der Waals surface area contributed by atoms with Crippen LogP contribution in [0.15, 0.2) is 12.0 Å². The average molecular weight is 217 g/mol. The molecule has 3 atom stereocenters. The van der Waals surface area contributed by atoms with Crippen LogP contribution in [-0.4, -0.2) is 25.3 Å². The standard InChI is InChI=1S/C10H19NO2S/c1-5-14(12,13)11-7-8(2)6-9(3)10(11)4/h5,8-10H,1,6-7H2,2-4H3. The summed E-state index contributed by atoms with van der Waals surface area (Å²) in [5.41, 5.74) is 0. The summed E-state index contributed by atoms with van der Waals surface area (Å²) in [5, 5.41) is 1.05. The molecule has 0 aromatic heterocycles. The van der Waals surface area contributed by atoms with Crippen molar-refractivity contribution in [3.05, 3.63) is 12.0 Å². The van der Waals surface area contributed by atoms with Crippen molar-refractivity contribution in [2.75, 3.05) is 6.54 Å². The molecule has 1 heterocycles. The smallest absolute Gasteiger partial charge is 0.208 e.